The fourth-order valence-corrected chi connectivity index (χ4v) is 4.83. The summed E-state index contributed by atoms with van der Waals surface area (Å²) in [6, 6.07) is 10.6. The molecule has 1 amide bonds. The Balaban J connectivity index is 1.92. The normalized spacial score (nSPS) is 11.4. The largest absolute Gasteiger partial charge is 0.302 e. The average Bonchev–Trinajstić information content (AvgIpc) is 3.12. The highest BCUT2D eigenvalue weighted by molar-refractivity contribution is 7.22. The van der Waals surface area contributed by atoms with E-state index in [4.69, 9.17) is 4.98 Å². The van der Waals surface area contributed by atoms with Gasteiger partial charge in [0.2, 0.25) is 5.91 Å². The smallest absolute Gasteiger partial charge is 0.233 e. The zero-order valence-corrected chi connectivity index (χ0v) is 19.9. The highest BCUT2D eigenvalue weighted by Gasteiger charge is 2.21. The summed E-state index contributed by atoms with van der Waals surface area (Å²) in [5.74, 6) is 0.110. The van der Waals surface area contributed by atoms with Crippen molar-refractivity contribution in [3.63, 3.8) is 0 Å². The Labute approximate surface area is 184 Å². The number of carbonyl (C=O) groups is 1. The Hall–Kier alpha value is -2.24. The summed E-state index contributed by atoms with van der Waals surface area (Å²) >= 11 is 1.63. The molecule has 0 aliphatic rings. The number of anilines is 1. The zero-order chi connectivity index (χ0) is 21.8. The minimum absolute atomic E-state index is 0.110. The van der Waals surface area contributed by atoms with Crippen LogP contribution in [0, 0.1) is 27.7 Å². The molecule has 3 rings (SSSR count). The van der Waals surface area contributed by atoms with Gasteiger partial charge in [-0.2, -0.15) is 0 Å². The monoisotopic (exact) mass is 423 g/mol. The number of thiazole rings is 1. The van der Waals surface area contributed by atoms with E-state index in [2.05, 4.69) is 76.8 Å². The third-order valence-corrected chi connectivity index (χ3v) is 7.03. The number of amides is 1. The maximum Gasteiger partial charge on any atom is 0.233 e. The molecule has 0 N–H and O–H groups in total. The number of rotatable bonds is 8. The zero-order valence-electron chi connectivity index (χ0n) is 19.1. The molecule has 0 radical (unpaired) electrons. The molecule has 0 aliphatic heterocycles. The second-order valence-electron chi connectivity index (χ2n) is 8.09. The van der Waals surface area contributed by atoms with E-state index in [1.54, 1.807) is 11.3 Å². The molecule has 30 heavy (non-hydrogen) atoms. The molecule has 0 bridgehead atoms. The van der Waals surface area contributed by atoms with E-state index in [-0.39, 0.29) is 5.91 Å². The number of nitrogens with zero attached hydrogens (tertiary/aromatic N) is 3. The first-order valence-corrected chi connectivity index (χ1v) is 11.6. The van der Waals surface area contributed by atoms with Crippen LogP contribution in [-0.2, 0) is 11.2 Å². The van der Waals surface area contributed by atoms with E-state index in [1.807, 2.05) is 4.90 Å². The van der Waals surface area contributed by atoms with Crippen LogP contribution in [0.25, 0.3) is 10.2 Å². The number of hydrogen-bond donors (Lipinski definition) is 0. The quantitative estimate of drug-likeness (QED) is 0.483. The standard InChI is InChI=1S/C25H33N3OS/c1-7-27(8-2)11-12-28(23(29)16-21-10-9-18(4)19(5)15-21)25-26-22-14-17(3)13-20(6)24(22)30-25/h9-10,13-15H,7-8,11-12,16H2,1-6H3. The summed E-state index contributed by atoms with van der Waals surface area (Å²) in [4.78, 5) is 22.5. The Morgan fingerprint density at radius 2 is 1.67 bits per heavy atom. The molecule has 4 nitrogen and oxygen atoms in total. The molecule has 3 aromatic rings. The minimum Gasteiger partial charge on any atom is -0.302 e. The van der Waals surface area contributed by atoms with Crippen LogP contribution in [0.5, 0.6) is 0 Å². The van der Waals surface area contributed by atoms with Gasteiger partial charge in [0.15, 0.2) is 5.13 Å². The maximum atomic E-state index is 13.4. The van der Waals surface area contributed by atoms with Crippen molar-refractivity contribution in [2.24, 2.45) is 0 Å². The van der Waals surface area contributed by atoms with Crippen LogP contribution < -0.4 is 4.90 Å². The average molecular weight is 424 g/mol. The van der Waals surface area contributed by atoms with Crippen molar-refractivity contribution in [1.29, 1.82) is 0 Å². The summed E-state index contributed by atoms with van der Waals surface area (Å²) in [6.07, 6.45) is 0.396. The molecule has 160 valence electrons. The molecule has 5 heteroatoms. The van der Waals surface area contributed by atoms with Crippen LogP contribution in [0.2, 0.25) is 0 Å². The predicted octanol–water partition coefficient (Wildman–Crippen LogP) is 5.45. The third kappa shape index (κ3) is 5.08. The Morgan fingerprint density at radius 3 is 2.33 bits per heavy atom. The minimum atomic E-state index is 0.110. The van der Waals surface area contributed by atoms with Gasteiger partial charge in [0.05, 0.1) is 16.6 Å². The lowest BCUT2D eigenvalue weighted by Crippen LogP contribution is -2.39. The molecule has 0 atom stereocenters. The molecule has 0 unspecified atom stereocenters. The first kappa shape index (κ1) is 22.4. The van der Waals surface area contributed by atoms with Gasteiger partial charge in [-0.25, -0.2) is 4.98 Å². The van der Waals surface area contributed by atoms with Crippen LogP contribution in [0.1, 0.15) is 41.7 Å². The number of benzene rings is 2. The van der Waals surface area contributed by atoms with Crippen molar-refractivity contribution >= 4 is 32.6 Å². The first-order chi connectivity index (χ1) is 14.3. The van der Waals surface area contributed by atoms with Gasteiger partial charge in [0, 0.05) is 13.1 Å². The van der Waals surface area contributed by atoms with E-state index < -0.39 is 0 Å². The second kappa shape index (κ2) is 9.71. The van der Waals surface area contributed by atoms with Gasteiger partial charge in [0.1, 0.15) is 0 Å². The van der Waals surface area contributed by atoms with Gasteiger partial charge in [-0.1, -0.05) is 49.4 Å². The fraction of sp³-hybridized carbons (Fsp3) is 0.440. The number of hydrogen-bond acceptors (Lipinski definition) is 4. The van der Waals surface area contributed by atoms with Crippen LogP contribution in [0.3, 0.4) is 0 Å². The maximum absolute atomic E-state index is 13.4. The van der Waals surface area contributed by atoms with E-state index in [9.17, 15) is 4.79 Å². The summed E-state index contributed by atoms with van der Waals surface area (Å²) in [5, 5.41) is 0.805. The SMILES string of the molecule is CCN(CC)CCN(C(=O)Cc1ccc(C)c(C)c1)c1nc2cc(C)cc(C)c2s1. The molecule has 1 heterocycles. The van der Waals surface area contributed by atoms with Crippen molar-refractivity contribution in [3.05, 3.63) is 58.1 Å². The Morgan fingerprint density at radius 1 is 0.933 bits per heavy atom. The van der Waals surface area contributed by atoms with Crippen molar-refractivity contribution in [3.8, 4) is 0 Å². The van der Waals surface area contributed by atoms with Crippen LogP contribution in [-0.4, -0.2) is 42.0 Å². The molecule has 0 saturated heterocycles. The molecule has 0 fully saturated rings. The van der Waals surface area contributed by atoms with Crippen molar-refractivity contribution in [1.82, 2.24) is 9.88 Å². The molecule has 0 spiro atoms. The number of carbonyl (C=O) groups excluding carboxylic acids is 1. The first-order valence-electron chi connectivity index (χ1n) is 10.8. The van der Waals surface area contributed by atoms with Crippen LogP contribution >= 0.6 is 11.3 Å². The molecular weight excluding hydrogens is 390 g/mol. The topological polar surface area (TPSA) is 36.4 Å². The summed E-state index contributed by atoms with van der Waals surface area (Å²) in [7, 11) is 0. The lowest BCUT2D eigenvalue weighted by molar-refractivity contribution is -0.118. The molecule has 2 aromatic carbocycles. The van der Waals surface area contributed by atoms with E-state index in [0.29, 0.717) is 13.0 Å². The highest BCUT2D eigenvalue weighted by atomic mass is 32.1. The molecular formula is C25H33N3OS. The van der Waals surface area contributed by atoms with E-state index in [1.165, 1.54) is 27.0 Å². The predicted molar refractivity (Wildman–Crippen MR) is 129 cm³/mol. The van der Waals surface area contributed by atoms with Gasteiger partial charge in [-0.05, 0) is 74.7 Å². The Bertz CT molecular complexity index is 1040. The fourth-order valence-electron chi connectivity index (χ4n) is 3.77. The summed E-state index contributed by atoms with van der Waals surface area (Å²) in [6.45, 7) is 16.2. The summed E-state index contributed by atoms with van der Waals surface area (Å²) < 4.78 is 1.17. The number of fused-ring (bicyclic) bond motifs is 1. The van der Waals surface area contributed by atoms with Gasteiger partial charge >= 0.3 is 0 Å². The third-order valence-electron chi connectivity index (χ3n) is 5.80. The highest BCUT2D eigenvalue weighted by Crippen LogP contribution is 2.32. The van der Waals surface area contributed by atoms with Gasteiger partial charge < -0.3 is 4.90 Å². The van der Waals surface area contributed by atoms with Crippen LogP contribution in [0.15, 0.2) is 30.3 Å². The Kier molecular flexibility index (Phi) is 7.27. The second-order valence-corrected chi connectivity index (χ2v) is 9.07. The van der Waals surface area contributed by atoms with Crippen molar-refractivity contribution < 1.29 is 4.79 Å². The van der Waals surface area contributed by atoms with E-state index >= 15 is 0 Å². The van der Waals surface area contributed by atoms with Gasteiger partial charge in [-0.3, -0.25) is 9.69 Å². The molecule has 0 aliphatic carbocycles. The van der Waals surface area contributed by atoms with Gasteiger partial charge in [-0.15, -0.1) is 0 Å². The molecule has 1 aromatic heterocycles. The van der Waals surface area contributed by atoms with Crippen molar-refractivity contribution in [2.45, 2.75) is 48.0 Å². The number of aryl methyl sites for hydroxylation is 4. The number of likely N-dealkylation sites (N-methyl/N-ethyl adjacent to an activating group) is 1. The number of aromatic nitrogens is 1. The van der Waals surface area contributed by atoms with Gasteiger partial charge in [0.25, 0.3) is 0 Å². The lowest BCUT2D eigenvalue weighted by Gasteiger charge is -2.25. The van der Waals surface area contributed by atoms with E-state index in [0.717, 1.165) is 35.8 Å². The van der Waals surface area contributed by atoms with Crippen molar-refractivity contribution in [2.75, 3.05) is 31.1 Å². The summed E-state index contributed by atoms with van der Waals surface area (Å²) in [5.41, 5.74) is 6.94. The van der Waals surface area contributed by atoms with Crippen LogP contribution in [0.4, 0.5) is 5.13 Å². The lowest BCUT2D eigenvalue weighted by atomic mass is 10.0. The molecule has 0 saturated carbocycles.